The lowest BCUT2D eigenvalue weighted by Crippen LogP contribution is -2.54. The first-order chi connectivity index (χ1) is 14.5. The van der Waals surface area contributed by atoms with E-state index in [1.807, 2.05) is 0 Å². The summed E-state index contributed by atoms with van der Waals surface area (Å²) in [6, 6.07) is 5.17. The number of rotatable bonds is 6. The lowest BCUT2D eigenvalue weighted by molar-refractivity contribution is -0.158. The van der Waals surface area contributed by atoms with E-state index in [-0.39, 0.29) is 42.5 Å². The van der Waals surface area contributed by atoms with Gasteiger partial charge in [0, 0.05) is 38.2 Å². The topological polar surface area (TPSA) is 93.4 Å². The average Bonchev–Trinajstić information content (AvgIpc) is 2.67. The number of nitrogens with two attached hydrogens (primary N) is 1. The lowest BCUT2D eigenvalue weighted by Gasteiger charge is -2.39. The van der Waals surface area contributed by atoms with Crippen molar-refractivity contribution in [2.24, 2.45) is 5.73 Å². The molecule has 31 heavy (non-hydrogen) atoms. The second-order valence-electron chi connectivity index (χ2n) is 7.49. The third-order valence-corrected chi connectivity index (χ3v) is 4.80. The molecule has 3 rings (SSSR count). The van der Waals surface area contributed by atoms with Crippen LogP contribution in [0.2, 0.25) is 0 Å². The van der Waals surface area contributed by atoms with Gasteiger partial charge in [-0.25, -0.2) is 18.7 Å². The highest BCUT2D eigenvalue weighted by molar-refractivity contribution is 5.94. The van der Waals surface area contributed by atoms with Gasteiger partial charge < -0.3 is 20.7 Å². The molecule has 3 heterocycles. The van der Waals surface area contributed by atoms with Crippen LogP contribution in [0.15, 0.2) is 30.5 Å². The van der Waals surface area contributed by atoms with Crippen LogP contribution in [0.5, 0.6) is 5.75 Å². The van der Waals surface area contributed by atoms with E-state index in [0.29, 0.717) is 12.5 Å². The van der Waals surface area contributed by atoms with Crippen LogP contribution in [0.25, 0.3) is 0 Å². The van der Waals surface area contributed by atoms with Crippen molar-refractivity contribution in [1.82, 2.24) is 14.9 Å². The van der Waals surface area contributed by atoms with Crippen molar-refractivity contribution in [3.8, 4) is 5.75 Å². The number of amides is 1. The van der Waals surface area contributed by atoms with Crippen LogP contribution in [0.4, 0.5) is 29.2 Å². The van der Waals surface area contributed by atoms with Crippen LogP contribution >= 0.6 is 0 Å². The summed E-state index contributed by atoms with van der Waals surface area (Å²) in [5.74, 6) is -3.41. The first-order valence-corrected chi connectivity index (χ1v) is 9.64. The number of aromatic nitrogens is 2. The third-order valence-electron chi connectivity index (χ3n) is 4.80. The number of nitrogens with zero attached hydrogens (tertiary/aromatic N) is 3. The molecule has 1 aliphatic heterocycles. The van der Waals surface area contributed by atoms with Gasteiger partial charge >= 0.3 is 6.11 Å². The molecule has 3 N–H and O–H groups in total. The van der Waals surface area contributed by atoms with Crippen molar-refractivity contribution in [1.29, 1.82) is 0 Å². The molecular formula is C20H23F4N5O2. The summed E-state index contributed by atoms with van der Waals surface area (Å²) in [7, 11) is 0. The molecule has 1 atom stereocenters. The molecule has 11 heteroatoms. The van der Waals surface area contributed by atoms with Gasteiger partial charge in [-0.1, -0.05) is 6.07 Å². The fourth-order valence-corrected chi connectivity index (χ4v) is 3.31. The second-order valence-corrected chi connectivity index (χ2v) is 7.49. The van der Waals surface area contributed by atoms with Gasteiger partial charge in [0.05, 0.1) is 6.54 Å². The van der Waals surface area contributed by atoms with Crippen LogP contribution in [0.3, 0.4) is 0 Å². The summed E-state index contributed by atoms with van der Waals surface area (Å²) >= 11 is 0. The van der Waals surface area contributed by atoms with Gasteiger partial charge in [0.25, 0.3) is 11.8 Å². The van der Waals surface area contributed by atoms with Crippen molar-refractivity contribution in [3.05, 3.63) is 41.7 Å². The minimum absolute atomic E-state index is 0.00588. The predicted octanol–water partition coefficient (Wildman–Crippen LogP) is 3.72. The van der Waals surface area contributed by atoms with E-state index < -0.39 is 30.5 Å². The average molecular weight is 441 g/mol. The van der Waals surface area contributed by atoms with Crippen molar-refractivity contribution < 1.29 is 27.1 Å². The zero-order valence-corrected chi connectivity index (χ0v) is 17.0. The first kappa shape index (κ1) is 22.7. The Labute approximate surface area is 176 Å². The number of anilines is 2. The Hall–Kier alpha value is -2.95. The minimum atomic E-state index is -3.36. The van der Waals surface area contributed by atoms with E-state index in [1.54, 1.807) is 19.1 Å². The fourth-order valence-electron chi connectivity index (χ4n) is 3.31. The molecule has 0 unspecified atom stereocenters. The number of halogens is 4. The number of pyridine rings is 2. The summed E-state index contributed by atoms with van der Waals surface area (Å²) in [6.07, 6.45) is -2.32. The Morgan fingerprint density at radius 3 is 2.77 bits per heavy atom. The van der Waals surface area contributed by atoms with Crippen molar-refractivity contribution in [3.63, 3.8) is 0 Å². The van der Waals surface area contributed by atoms with Gasteiger partial charge in [-0.15, -0.1) is 0 Å². The van der Waals surface area contributed by atoms with Crippen LogP contribution in [-0.4, -0.2) is 51.9 Å². The van der Waals surface area contributed by atoms with E-state index in [9.17, 15) is 22.4 Å². The molecule has 2 aromatic heterocycles. The SMILES string of the molecule is Cc1ccc(Nc2cc(OC(C)(F)F)ccn2)nc1C(=O)N1CC(F)(F)CC[C@@H]1CN. The highest BCUT2D eigenvalue weighted by Crippen LogP contribution is 2.31. The van der Waals surface area contributed by atoms with Gasteiger partial charge in [-0.2, -0.15) is 8.78 Å². The normalized spacial score (nSPS) is 18.5. The summed E-state index contributed by atoms with van der Waals surface area (Å²) in [4.78, 5) is 22.3. The number of hydrogen-bond donors (Lipinski definition) is 2. The Morgan fingerprint density at radius 2 is 2.10 bits per heavy atom. The number of carbonyl (C=O) groups excluding carboxylic acids is 1. The predicted molar refractivity (Wildman–Crippen MR) is 106 cm³/mol. The minimum Gasteiger partial charge on any atom is -0.433 e. The van der Waals surface area contributed by atoms with Gasteiger partial charge in [0.15, 0.2) is 0 Å². The smallest absolute Gasteiger partial charge is 0.394 e. The second kappa shape index (κ2) is 8.66. The molecule has 1 saturated heterocycles. The van der Waals surface area contributed by atoms with Crippen LogP contribution in [0, 0.1) is 6.92 Å². The van der Waals surface area contributed by atoms with E-state index >= 15 is 0 Å². The summed E-state index contributed by atoms with van der Waals surface area (Å²) in [5, 5.41) is 2.81. The molecule has 1 amide bonds. The van der Waals surface area contributed by atoms with Crippen molar-refractivity contribution in [2.45, 2.75) is 44.8 Å². The van der Waals surface area contributed by atoms with Crippen molar-refractivity contribution in [2.75, 3.05) is 18.4 Å². The maximum atomic E-state index is 13.9. The van der Waals surface area contributed by atoms with Gasteiger partial charge in [0.2, 0.25) is 0 Å². The monoisotopic (exact) mass is 441 g/mol. The summed E-state index contributed by atoms with van der Waals surface area (Å²) in [5.41, 5.74) is 6.17. The summed E-state index contributed by atoms with van der Waals surface area (Å²) < 4.78 is 58.5. The molecular weight excluding hydrogens is 418 g/mol. The van der Waals surface area contributed by atoms with E-state index in [1.165, 1.54) is 18.3 Å². The number of carbonyl (C=O) groups is 1. The maximum absolute atomic E-state index is 13.9. The molecule has 1 aliphatic rings. The fraction of sp³-hybridized carbons (Fsp3) is 0.450. The van der Waals surface area contributed by atoms with Gasteiger partial charge in [-0.05, 0) is 31.0 Å². The van der Waals surface area contributed by atoms with E-state index in [0.717, 1.165) is 4.90 Å². The van der Waals surface area contributed by atoms with Crippen molar-refractivity contribution >= 4 is 17.5 Å². The number of likely N-dealkylation sites (tertiary alicyclic amines) is 1. The molecule has 0 aromatic carbocycles. The number of alkyl halides is 4. The van der Waals surface area contributed by atoms with Crippen LogP contribution in [-0.2, 0) is 0 Å². The number of ether oxygens (including phenoxy) is 1. The van der Waals surface area contributed by atoms with Gasteiger partial charge in [0.1, 0.15) is 23.1 Å². The van der Waals surface area contributed by atoms with Crippen LogP contribution in [0.1, 0.15) is 35.8 Å². The van der Waals surface area contributed by atoms with Gasteiger partial charge in [-0.3, -0.25) is 4.79 Å². The number of piperidine rings is 1. The number of nitrogens with one attached hydrogen (secondary N) is 1. The molecule has 0 radical (unpaired) electrons. The Balaban J connectivity index is 1.83. The molecule has 0 aliphatic carbocycles. The molecule has 168 valence electrons. The molecule has 2 aromatic rings. The molecule has 7 nitrogen and oxygen atoms in total. The lowest BCUT2D eigenvalue weighted by atomic mass is 9.98. The van der Waals surface area contributed by atoms with Crippen LogP contribution < -0.4 is 15.8 Å². The highest BCUT2D eigenvalue weighted by atomic mass is 19.3. The Bertz CT molecular complexity index is 951. The third kappa shape index (κ3) is 5.81. The number of aryl methyl sites for hydroxylation is 1. The highest BCUT2D eigenvalue weighted by Gasteiger charge is 2.42. The quantitative estimate of drug-likeness (QED) is 0.664. The molecule has 0 bridgehead atoms. The van der Waals surface area contributed by atoms with E-state index in [4.69, 9.17) is 5.73 Å². The molecule has 0 saturated carbocycles. The number of hydrogen-bond acceptors (Lipinski definition) is 6. The van der Waals surface area contributed by atoms with E-state index in [2.05, 4.69) is 20.0 Å². The molecule has 1 fully saturated rings. The summed E-state index contributed by atoms with van der Waals surface area (Å²) in [6.45, 7) is 1.59. The molecule has 0 spiro atoms. The Morgan fingerprint density at radius 1 is 1.35 bits per heavy atom. The standard InChI is InChI=1S/C20H23F4N5O2/c1-12-3-4-15(27-16-9-14(6-8-26-16)31-19(2,21)22)28-17(12)18(30)29-11-20(23,24)7-5-13(29)10-25/h3-4,6,8-9,13H,5,7,10-11,25H2,1-2H3,(H,26,27,28)/t13-/m1/s1. The largest absolute Gasteiger partial charge is 0.433 e. The Kier molecular flexibility index (Phi) is 6.35. The maximum Gasteiger partial charge on any atom is 0.394 e. The zero-order valence-electron chi connectivity index (χ0n) is 17.0. The zero-order chi connectivity index (χ0) is 22.8. The first-order valence-electron chi connectivity index (χ1n) is 9.64.